The summed E-state index contributed by atoms with van der Waals surface area (Å²) in [7, 11) is 0. The van der Waals surface area contributed by atoms with Crippen LogP contribution < -0.4 is 16.8 Å². The van der Waals surface area contributed by atoms with Crippen LogP contribution in [0.5, 0.6) is 0 Å². The second-order valence-corrected chi connectivity index (χ2v) is 5.55. The number of ether oxygens (including phenoxy) is 1. The molecule has 6 heteroatoms. The number of anilines is 1. The third-order valence-corrected chi connectivity index (χ3v) is 3.87. The largest absolute Gasteiger partial charge is 0.376 e. The number of carbonyl (C=O) groups is 1. The van der Waals surface area contributed by atoms with E-state index in [9.17, 15) is 4.79 Å². The predicted octanol–water partition coefficient (Wildman–Crippen LogP) is 1.19. The van der Waals surface area contributed by atoms with Crippen molar-refractivity contribution in [3.05, 3.63) is 23.4 Å². The highest BCUT2D eigenvalue weighted by Crippen LogP contribution is 2.20. The van der Waals surface area contributed by atoms with E-state index in [0.717, 1.165) is 31.2 Å². The molecule has 5 N–H and O–H groups in total. The summed E-state index contributed by atoms with van der Waals surface area (Å²) >= 11 is 0. The number of nitrogens with zero attached hydrogens (tertiary/aromatic N) is 1. The van der Waals surface area contributed by atoms with Gasteiger partial charge >= 0.3 is 0 Å². The van der Waals surface area contributed by atoms with Crippen LogP contribution in [0.2, 0.25) is 0 Å². The molecule has 0 atom stereocenters. The van der Waals surface area contributed by atoms with Gasteiger partial charge in [-0.25, -0.2) is 4.98 Å². The van der Waals surface area contributed by atoms with Crippen molar-refractivity contribution in [3.63, 3.8) is 0 Å². The first-order valence-electron chi connectivity index (χ1n) is 7.44. The van der Waals surface area contributed by atoms with E-state index >= 15 is 0 Å². The molecule has 1 fully saturated rings. The summed E-state index contributed by atoms with van der Waals surface area (Å²) in [6, 6.07) is 2.10. The number of nitrogens with one attached hydrogen (secondary N) is 1. The molecule has 0 bridgehead atoms. The monoisotopic (exact) mass is 292 g/mol. The number of carbonyl (C=O) groups excluding carboxylic acids is 1. The van der Waals surface area contributed by atoms with E-state index in [1.54, 1.807) is 12.3 Å². The Morgan fingerprint density at radius 1 is 1.43 bits per heavy atom. The maximum absolute atomic E-state index is 11.5. The second kappa shape index (κ2) is 7.38. The lowest BCUT2D eigenvalue weighted by molar-refractivity contribution is 0.0313. The van der Waals surface area contributed by atoms with Crippen molar-refractivity contribution >= 4 is 11.7 Å². The number of hydrogen-bond acceptors (Lipinski definition) is 5. The summed E-state index contributed by atoms with van der Waals surface area (Å²) in [5.41, 5.74) is 12.5. The molecule has 0 spiro atoms. The lowest BCUT2D eigenvalue weighted by Gasteiger charge is -2.26. The molecular formula is C15H24N4O2. The lowest BCUT2D eigenvalue weighted by Crippen LogP contribution is -2.31. The van der Waals surface area contributed by atoms with E-state index in [0.29, 0.717) is 36.7 Å². The molecule has 21 heavy (non-hydrogen) atoms. The van der Waals surface area contributed by atoms with Crippen LogP contribution in [0.3, 0.4) is 0 Å². The molecule has 1 saturated carbocycles. The van der Waals surface area contributed by atoms with E-state index < -0.39 is 5.91 Å². The standard InChI is InChI=1S/C15H24N4O2/c1-10-6-7-18-15(13(10)14(17)20)19-8-9-21-12-4-2-11(16)3-5-12/h6-7,11-12H,2-5,8-9,16H2,1H3,(H2,17,20)(H,18,19). The summed E-state index contributed by atoms with van der Waals surface area (Å²) in [5, 5.41) is 3.12. The maximum atomic E-state index is 11.5. The van der Waals surface area contributed by atoms with Crippen molar-refractivity contribution in [1.29, 1.82) is 0 Å². The van der Waals surface area contributed by atoms with Gasteiger partial charge in [0, 0.05) is 18.8 Å². The lowest BCUT2D eigenvalue weighted by atomic mass is 9.94. The smallest absolute Gasteiger partial charge is 0.252 e. The van der Waals surface area contributed by atoms with Gasteiger partial charge in [-0.2, -0.15) is 0 Å². The highest BCUT2D eigenvalue weighted by molar-refractivity contribution is 5.98. The molecule has 2 rings (SSSR count). The summed E-state index contributed by atoms with van der Waals surface area (Å²) < 4.78 is 5.82. The van der Waals surface area contributed by atoms with Crippen molar-refractivity contribution < 1.29 is 9.53 Å². The van der Waals surface area contributed by atoms with Crippen LogP contribution in [0.1, 0.15) is 41.6 Å². The molecule has 1 aliphatic rings. The summed E-state index contributed by atoms with van der Waals surface area (Å²) in [4.78, 5) is 15.6. The predicted molar refractivity (Wildman–Crippen MR) is 82.2 cm³/mol. The normalized spacial score (nSPS) is 22.0. The first-order chi connectivity index (χ1) is 10.1. The van der Waals surface area contributed by atoms with Gasteiger partial charge in [-0.3, -0.25) is 4.79 Å². The van der Waals surface area contributed by atoms with E-state index in [2.05, 4.69) is 10.3 Å². The first-order valence-corrected chi connectivity index (χ1v) is 7.44. The van der Waals surface area contributed by atoms with Crippen LogP contribution in [0.15, 0.2) is 12.3 Å². The van der Waals surface area contributed by atoms with Crippen LogP contribution in [0, 0.1) is 6.92 Å². The quantitative estimate of drug-likeness (QED) is 0.683. The summed E-state index contributed by atoms with van der Waals surface area (Å²) in [5.74, 6) is 0.0575. The van der Waals surface area contributed by atoms with Gasteiger partial charge in [0.25, 0.3) is 5.91 Å². The van der Waals surface area contributed by atoms with Crippen molar-refractivity contribution in [2.75, 3.05) is 18.5 Å². The Balaban J connectivity index is 1.79. The van der Waals surface area contributed by atoms with Gasteiger partial charge in [-0.1, -0.05) is 0 Å². The summed E-state index contributed by atoms with van der Waals surface area (Å²) in [6.07, 6.45) is 6.07. The van der Waals surface area contributed by atoms with Crippen LogP contribution in [-0.2, 0) is 4.74 Å². The fourth-order valence-electron chi connectivity index (χ4n) is 2.65. The molecule has 0 aromatic carbocycles. The molecule has 1 heterocycles. The number of primary amides is 1. The fourth-order valence-corrected chi connectivity index (χ4v) is 2.65. The number of aryl methyl sites for hydroxylation is 1. The Labute approximate surface area is 125 Å². The zero-order valence-electron chi connectivity index (χ0n) is 12.5. The minimum Gasteiger partial charge on any atom is -0.376 e. The minimum atomic E-state index is -0.467. The van der Waals surface area contributed by atoms with Gasteiger partial charge in [-0.15, -0.1) is 0 Å². The number of amides is 1. The van der Waals surface area contributed by atoms with Crippen molar-refractivity contribution in [2.45, 2.75) is 44.8 Å². The van der Waals surface area contributed by atoms with E-state index in [1.165, 1.54) is 0 Å². The number of hydrogen-bond donors (Lipinski definition) is 3. The number of pyridine rings is 1. The SMILES string of the molecule is Cc1ccnc(NCCOC2CCC(N)CC2)c1C(N)=O. The topological polar surface area (TPSA) is 103 Å². The van der Waals surface area contributed by atoms with Crippen LogP contribution in [-0.4, -0.2) is 36.2 Å². The Morgan fingerprint density at radius 2 is 2.14 bits per heavy atom. The maximum Gasteiger partial charge on any atom is 0.252 e. The molecule has 1 aromatic rings. The van der Waals surface area contributed by atoms with E-state index in [-0.39, 0.29) is 0 Å². The Morgan fingerprint density at radius 3 is 2.81 bits per heavy atom. The molecular weight excluding hydrogens is 268 g/mol. The highest BCUT2D eigenvalue weighted by atomic mass is 16.5. The minimum absolute atomic E-state index is 0.299. The van der Waals surface area contributed by atoms with Gasteiger partial charge in [0.2, 0.25) is 0 Å². The zero-order valence-corrected chi connectivity index (χ0v) is 12.5. The number of aromatic nitrogens is 1. The first kappa shape index (κ1) is 15.7. The Hall–Kier alpha value is -1.66. The molecule has 0 radical (unpaired) electrons. The highest BCUT2D eigenvalue weighted by Gasteiger charge is 2.18. The third kappa shape index (κ3) is 4.41. The van der Waals surface area contributed by atoms with Gasteiger partial charge in [0.1, 0.15) is 5.82 Å². The molecule has 116 valence electrons. The molecule has 0 aliphatic heterocycles. The molecule has 1 aliphatic carbocycles. The number of nitrogens with two attached hydrogens (primary N) is 2. The van der Waals surface area contributed by atoms with E-state index in [1.807, 2.05) is 6.92 Å². The second-order valence-electron chi connectivity index (χ2n) is 5.55. The van der Waals surface area contributed by atoms with Crippen molar-refractivity contribution in [1.82, 2.24) is 4.98 Å². The average Bonchev–Trinajstić information content (AvgIpc) is 2.45. The Kier molecular flexibility index (Phi) is 5.52. The van der Waals surface area contributed by atoms with Gasteiger partial charge in [-0.05, 0) is 44.2 Å². The molecule has 1 amide bonds. The van der Waals surface area contributed by atoms with E-state index in [4.69, 9.17) is 16.2 Å². The van der Waals surface area contributed by atoms with Crippen LogP contribution in [0.4, 0.5) is 5.82 Å². The number of rotatable bonds is 6. The molecule has 1 aromatic heterocycles. The van der Waals surface area contributed by atoms with Crippen LogP contribution >= 0.6 is 0 Å². The van der Waals surface area contributed by atoms with Crippen molar-refractivity contribution in [3.8, 4) is 0 Å². The summed E-state index contributed by atoms with van der Waals surface area (Å²) in [6.45, 7) is 3.02. The van der Waals surface area contributed by atoms with Crippen molar-refractivity contribution in [2.24, 2.45) is 11.5 Å². The zero-order chi connectivity index (χ0) is 15.2. The average molecular weight is 292 g/mol. The van der Waals surface area contributed by atoms with Gasteiger partial charge < -0.3 is 21.5 Å². The molecule has 0 saturated heterocycles. The van der Waals surface area contributed by atoms with Gasteiger partial charge in [0.05, 0.1) is 18.3 Å². The fraction of sp³-hybridized carbons (Fsp3) is 0.600. The Bertz CT molecular complexity index is 485. The third-order valence-electron chi connectivity index (χ3n) is 3.87. The van der Waals surface area contributed by atoms with Gasteiger partial charge in [0.15, 0.2) is 0 Å². The molecule has 0 unspecified atom stereocenters. The molecule has 6 nitrogen and oxygen atoms in total. The van der Waals surface area contributed by atoms with Crippen LogP contribution in [0.25, 0.3) is 0 Å².